The number of nitrogens with one attached hydrogen (secondary N) is 1. The number of benzene rings is 2. The first-order valence-electron chi connectivity index (χ1n) is 5.96. The summed E-state index contributed by atoms with van der Waals surface area (Å²) in [6, 6.07) is 12.6. The Hall–Kier alpha value is -1.84. The molecule has 0 unspecified atom stereocenters. The van der Waals surface area contributed by atoms with Gasteiger partial charge in [0.05, 0.1) is 0 Å². The van der Waals surface area contributed by atoms with Gasteiger partial charge in [0.1, 0.15) is 0 Å². The highest BCUT2D eigenvalue weighted by atomic mass is 35.5. The van der Waals surface area contributed by atoms with Crippen LogP contribution in [0.4, 0.5) is 5.69 Å². The summed E-state index contributed by atoms with van der Waals surface area (Å²) in [5, 5.41) is 3.45. The summed E-state index contributed by atoms with van der Waals surface area (Å²) >= 11 is 5.92. The molecule has 1 amide bonds. The number of anilines is 1. The molecule has 2 aromatic rings. The first kappa shape index (κ1) is 13.6. The topological polar surface area (TPSA) is 55.1 Å². The molecular formula is C15H15ClN2O. The Bertz CT molecular complexity index is 594. The molecule has 0 heterocycles. The molecule has 19 heavy (non-hydrogen) atoms. The highest BCUT2D eigenvalue weighted by Crippen LogP contribution is 2.20. The molecule has 0 spiro atoms. The van der Waals surface area contributed by atoms with E-state index in [-0.39, 0.29) is 5.91 Å². The Balaban J connectivity index is 2.18. The number of carbonyl (C=O) groups is 1. The van der Waals surface area contributed by atoms with Gasteiger partial charge in [-0.15, -0.1) is 0 Å². The van der Waals surface area contributed by atoms with Crippen LogP contribution in [-0.2, 0) is 6.54 Å². The van der Waals surface area contributed by atoms with Crippen LogP contribution in [0.25, 0.3) is 0 Å². The first-order valence-corrected chi connectivity index (χ1v) is 6.34. The Morgan fingerprint density at radius 1 is 1.21 bits per heavy atom. The zero-order valence-corrected chi connectivity index (χ0v) is 11.4. The molecule has 0 bridgehead atoms. The summed E-state index contributed by atoms with van der Waals surface area (Å²) in [6.07, 6.45) is 0. The van der Waals surface area contributed by atoms with Crippen LogP contribution in [0.1, 0.15) is 21.5 Å². The lowest BCUT2D eigenvalue weighted by Gasteiger charge is -2.09. The van der Waals surface area contributed by atoms with Gasteiger partial charge in [0.2, 0.25) is 0 Å². The molecule has 2 aromatic carbocycles. The van der Waals surface area contributed by atoms with E-state index in [0.717, 1.165) is 16.8 Å². The molecule has 0 aliphatic heterocycles. The second-order valence-electron chi connectivity index (χ2n) is 4.31. The predicted octanol–water partition coefficient (Wildman–Crippen LogP) is 3.36. The zero-order valence-electron chi connectivity index (χ0n) is 10.6. The van der Waals surface area contributed by atoms with Crippen LogP contribution >= 0.6 is 11.6 Å². The molecule has 2 rings (SSSR count). The fraction of sp³-hybridized carbons (Fsp3) is 0.133. The van der Waals surface area contributed by atoms with E-state index in [9.17, 15) is 4.79 Å². The Kier molecular flexibility index (Phi) is 4.20. The SMILES string of the molecule is Cc1ccc(Cl)cc1NC(=O)c1ccc(CN)cc1. The summed E-state index contributed by atoms with van der Waals surface area (Å²) in [5.41, 5.74) is 8.80. The average molecular weight is 275 g/mol. The number of rotatable bonds is 3. The molecule has 0 fully saturated rings. The van der Waals surface area contributed by atoms with Gasteiger partial charge in [-0.05, 0) is 42.3 Å². The van der Waals surface area contributed by atoms with E-state index < -0.39 is 0 Å². The summed E-state index contributed by atoms with van der Waals surface area (Å²) in [6.45, 7) is 2.39. The number of carbonyl (C=O) groups excluding carboxylic acids is 1. The van der Waals surface area contributed by atoms with E-state index in [1.807, 2.05) is 25.1 Å². The van der Waals surface area contributed by atoms with E-state index >= 15 is 0 Å². The van der Waals surface area contributed by atoms with E-state index in [0.29, 0.717) is 17.1 Å². The second kappa shape index (κ2) is 5.87. The molecule has 4 heteroatoms. The summed E-state index contributed by atoms with van der Waals surface area (Å²) in [5.74, 6) is -0.158. The van der Waals surface area contributed by atoms with Crippen molar-refractivity contribution in [2.75, 3.05) is 5.32 Å². The van der Waals surface area contributed by atoms with Crippen LogP contribution in [0, 0.1) is 6.92 Å². The van der Waals surface area contributed by atoms with Crippen molar-refractivity contribution in [2.24, 2.45) is 5.73 Å². The van der Waals surface area contributed by atoms with E-state index in [1.165, 1.54) is 0 Å². The van der Waals surface area contributed by atoms with Gasteiger partial charge in [-0.1, -0.05) is 29.8 Å². The molecule has 3 nitrogen and oxygen atoms in total. The van der Waals surface area contributed by atoms with Gasteiger partial charge in [0.25, 0.3) is 5.91 Å². The van der Waals surface area contributed by atoms with Crippen LogP contribution in [0.15, 0.2) is 42.5 Å². The lowest BCUT2D eigenvalue weighted by atomic mass is 10.1. The maximum Gasteiger partial charge on any atom is 0.255 e. The molecule has 98 valence electrons. The van der Waals surface area contributed by atoms with Crippen molar-refractivity contribution >= 4 is 23.2 Å². The van der Waals surface area contributed by atoms with Gasteiger partial charge in [-0.25, -0.2) is 0 Å². The van der Waals surface area contributed by atoms with Crippen molar-refractivity contribution in [3.05, 3.63) is 64.2 Å². The smallest absolute Gasteiger partial charge is 0.255 e. The van der Waals surface area contributed by atoms with E-state index in [2.05, 4.69) is 5.32 Å². The van der Waals surface area contributed by atoms with Crippen LogP contribution in [0.5, 0.6) is 0 Å². The summed E-state index contributed by atoms with van der Waals surface area (Å²) < 4.78 is 0. The summed E-state index contributed by atoms with van der Waals surface area (Å²) in [7, 11) is 0. The van der Waals surface area contributed by atoms with Crippen molar-refractivity contribution in [1.82, 2.24) is 0 Å². The predicted molar refractivity (Wildman–Crippen MR) is 78.5 cm³/mol. The van der Waals surface area contributed by atoms with Gasteiger partial charge in [0, 0.05) is 22.8 Å². The minimum absolute atomic E-state index is 0.158. The van der Waals surface area contributed by atoms with Crippen molar-refractivity contribution in [3.8, 4) is 0 Å². The Morgan fingerprint density at radius 3 is 2.53 bits per heavy atom. The second-order valence-corrected chi connectivity index (χ2v) is 4.75. The number of hydrogen-bond acceptors (Lipinski definition) is 2. The molecule has 0 aromatic heterocycles. The molecular weight excluding hydrogens is 260 g/mol. The fourth-order valence-electron chi connectivity index (χ4n) is 1.72. The Labute approximate surface area is 117 Å². The van der Waals surface area contributed by atoms with Crippen LogP contribution in [-0.4, -0.2) is 5.91 Å². The van der Waals surface area contributed by atoms with Gasteiger partial charge >= 0.3 is 0 Å². The minimum Gasteiger partial charge on any atom is -0.326 e. The van der Waals surface area contributed by atoms with Gasteiger partial charge in [-0.3, -0.25) is 4.79 Å². The standard InChI is InChI=1S/C15H15ClN2O/c1-10-2-7-13(16)8-14(10)18-15(19)12-5-3-11(9-17)4-6-12/h2-8H,9,17H2,1H3,(H,18,19). The zero-order chi connectivity index (χ0) is 13.8. The number of hydrogen-bond donors (Lipinski definition) is 2. The molecule has 0 saturated heterocycles. The van der Waals surface area contributed by atoms with Gasteiger partial charge in [0.15, 0.2) is 0 Å². The quantitative estimate of drug-likeness (QED) is 0.902. The highest BCUT2D eigenvalue weighted by molar-refractivity contribution is 6.31. The molecule has 0 aliphatic rings. The molecule has 3 N–H and O–H groups in total. The molecule has 0 saturated carbocycles. The third kappa shape index (κ3) is 3.34. The fourth-order valence-corrected chi connectivity index (χ4v) is 1.89. The Morgan fingerprint density at radius 2 is 1.89 bits per heavy atom. The lowest BCUT2D eigenvalue weighted by molar-refractivity contribution is 0.102. The highest BCUT2D eigenvalue weighted by Gasteiger charge is 2.08. The van der Waals surface area contributed by atoms with Crippen LogP contribution in [0.3, 0.4) is 0 Å². The molecule has 0 radical (unpaired) electrons. The third-order valence-corrected chi connectivity index (χ3v) is 3.13. The van der Waals surface area contributed by atoms with Crippen LogP contribution < -0.4 is 11.1 Å². The lowest BCUT2D eigenvalue weighted by Crippen LogP contribution is -2.13. The van der Waals surface area contributed by atoms with E-state index in [4.69, 9.17) is 17.3 Å². The van der Waals surface area contributed by atoms with Crippen LogP contribution in [0.2, 0.25) is 5.02 Å². The van der Waals surface area contributed by atoms with Crippen molar-refractivity contribution in [3.63, 3.8) is 0 Å². The van der Waals surface area contributed by atoms with Gasteiger partial charge in [-0.2, -0.15) is 0 Å². The maximum atomic E-state index is 12.1. The number of amides is 1. The van der Waals surface area contributed by atoms with Crippen molar-refractivity contribution < 1.29 is 4.79 Å². The van der Waals surface area contributed by atoms with Gasteiger partial charge < -0.3 is 11.1 Å². The van der Waals surface area contributed by atoms with Crippen molar-refractivity contribution in [2.45, 2.75) is 13.5 Å². The normalized spacial score (nSPS) is 10.3. The molecule has 0 atom stereocenters. The molecule has 0 aliphatic carbocycles. The number of halogens is 1. The largest absolute Gasteiger partial charge is 0.326 e. The van der Waals surface area contributed by atoms with E-state index in [1.54, 1.807) is 24.3 Å². The van der Waals surface area contributed by atoms with Crippen molar-refractivity contribution in [1.29, 1.82) is 0 Å². The minimum atomic E-state index is -0.158. The third-order valence-electron chi connectivity index (χ3n) is 2.90. The maximum absolute atomic E-state index is 12.1. The average Bonchev–Trinajstić information content (AvgIpc) is 2.43. The number of aryl methyl sites for hydroxylation is 1. The summed E-state index contributed by atoms with van der Waals surface area (Å²) in [4.78, 5) is 12.1. The first-order chi connectivity index (χ1) is 9.10. The number of nitrogens with two attached hydrogens (primary N) is 1. The monoisotopic (exact) mass is 274 g/mol.